The fraction of sp³-hybridized carbons (Fsp3) is 0.208. The first-order valence-corrected chi connectivity index (χ1v) is 9.33. The van der Waals surface area contributed by atoms with E-state index in [-0.39, 0.29) is 11.9 Å². The Hall–Kier alpha value is -3.07. The number of rotatable bonds is 7. The van der Waals surface area contributed by atoms with Gasteiger partial charge in [-0.1, -0.05) is 61.5 Å². The van der Waals surface area contributed by atoms with E-state index in [4.69, 9.17) is 4.74 Å². The van der Waals surface area contributed by atoms with Crippen molar-refractivity contribution in [1.29, 1.82) is 0 Å². The van der Waals surface area contributed by atoms with Gasteiger partial charge < -0.3 is 10.1 Å². The van der Waals surface area contributed by atoms with Crippen LogP contribution >= 0.6 is 0 Å². The van der Waals surface area contributed by atoms with Crippen LogP contribution in [0.4, 0.5) is 0 Å². The number of carbonyl (C=O) groups excluding carboxylic acids is 1. The Morgan fingerprint density at radius 2 is 1.59 bits per heavy atom. The molecule has 3 heteroatoms. The van der Waals surface area contributed by atoms with Gasteiger partial charge in [0.05, 0.1) is 12.6 Å². The van der Waals surface area contributed by atoms with Gasteiger partial charge in [0.1, 0.15) is 5.75 Å². The monoisotopic (exact) mass is 359 g/mol. The Kier molecular flexibility index (Phi) is 6.26. The van der Waals surface area contributed by atoms with E-state index in [1.165, 1.54) is 0 Å². The summed E-state index contributed by atoms with van der Waals surface area (Å²) in [7, 11) is 0. The van der Waals surface area contributed by atoms with Gasteiger partial charge in [-0.15, -0.1) is 0 Å². The zero-order valence-electron chi connectivity index (χ0n) is 15.8. The Balaban J connectivity index is 1.84. The zero-order valence-corrected chi connectivity index (χ0v) is 15.8. The summed E-state index contributed by atoms with van der Waals surface area (Å²) >= 11 is 0. The van der Waals surface area contributed by atoms with Crippen LogP contribution in [0.2, 0.25) is 0 Å². The predicted molar refractivity (Wildman–Crippen MR) is 109 cm³/mol. The molecule has 1 atom stereocenters. The summed E-state index contributed by atoms with van der Waals surface area (Å²) in [4.78, 5) is 12.9. The molecule has 0 heterocycles. The number of hydrogen-bond acceptors (Lipinski definition) is 2. The molecule has 138 valence electrons. The van der Waals surface area contributed by atoms with Gasteiger partial charge in [0.15, 0.2) is 0 Å². The lowest BCUT2D eigenvalue weighted by atomic mass is 9.94. The summed E-state index contributed by atoms with van der Waals surface area (Å²) in [6.07, 6.45) is 0.956. The van der Waals surface area contributed by atoms with Crippen LogP contribution in [0, 0.1) is 6.92 Å². The van der Waals surface area contributed by atoms with Crippen molar-refractivity contribution in [2.24, 2.45) is 0 Å². The van der Waals surface area contributed by atoms with E-state index in [2.05, 4.69) is 31.3 Å². The molecular formula is C24H25NO2. The highest BCUT2D eigenvalue weighted by atomic mass is 16.5. The third kappa shape index (κ3) is 4.76. The van der Waals surface area contributed by atoms with E-state index in [0.29, 0.717) is 12.2 Å². The van der Waals surface area contributed by atoms with Gasteiger partial charge in [-0.05, 0) is 54.3 Å². The van der Waals surface area contributed by atoms with Gasteiger partial charge in [-0.2, -0.15) is 0 Å². The van der Waals surface area contributed by atoms with Gasteiger partial charge in [0, 0.05) is 5.56 Å². The molecule has 3 rings (SSSR count). The molecule has 0 unspecified atom stereocenters. The standard InChI is InChI=1S/C24H25NO2/c1-3-17-27-21-15-13-20(14-16-21)24(26)25-23(19-10-5-4-6-11-19)22-12-8-7-9-18(22)2/h4-16,23H,3,17H2,1-2H3,(H,25,26)/t23-/m1/s1. The molecule has 0 fully saturated rings. The second-order valence-corrected chi connectivity index (χ2v) is 6.55. The van der Waals surface area contributed by atoms with E-state index in [9.17, 15) is 4.79 Å². The fourth-order valence-electron chi connectivity index (χ4n) is 3.03. The predicted octanol–water partition coefficient (Wildman–Crippen LogP) is 5.30. The first-order valence-electron chi connectivity index (χ1n) is 9.33. The molecule has 0 saturated heterocycles. The van der Waals surface area contributed by atoms with Crippen molar-refractivity contribution in [3.63, 3.8) is 0 Å². The Morgan fingerprint density at radius 3 is 2.26 bits per heavy atom. The minimum Gasteiger partial charge on any atom is -0.494 e. The van der Waals surface area contributed by atoms with E-state index >= 15 is 0 Å². The third-order valence-electron chi connectivity index (χ3n) is 4.50. The third-order valence-corrected chi connectivity index (χ3v) is 4.50. The highest BCUT2D eigenvalue weighted by molar-refractivity contribution is 5.94. The molecule has 0 aliphatic rings. The minimum absolute atomic E-state index is 0.103. The molecule has 0 spiro atoms. The highest BCUT2D eigenvalue weighted by Crippen LogP contribution is 2.25. The maximum absolute atomic E-state index is 12.9. The van der Waals surface area contributed by atoms with Crippen LogP contribution in [0.5, 0.6) is 5.75 Å². The van der Waals surface area contributed by atoms with Crippen molar-refractivity contribution in [1.82, 2.24) is 5.32 Å². The second kappa shape index (κ2) is 9.04. The Morgan fingerprint density at radius 1 is 0.926 bits per heavy atom. The van der Waals surface area contributed by atoms with Crippen molar-refractivity contribution in [2.45, 2.75) is 26.3 Å². The number of hydrogen-bond donors (Lipinski definition) is 1. The van der Waals surface area contributed by atoms with Crippen LogP contribution in [0.25, 0.3) is 0 Å². The first kappa shape index (κ1) is 18.7. The Labute approximate surface area is 161 Å². The Bertz CT molecular complexity index is 872. The molecule has 27 heavy (non-hydrogen) atoms. The molecule has 1 amide bonds. The molecule has 3 nitrogen and oxygen atoms in total. The van der Waals surface area contributed by atoms with E-state index in [0.717, 1.165) is 28.9 Å². The van der Waals surface area contributed by atoms with Crippen molar-refractivity contribution in [3.8, 4) is 5.75 Å². The van der Waals surface area contributed by atoms with E-state index < -0.39 is 0 Å². The maximum atomic E-state index is 12.9. The smallest absolute Gasteiger partial charge is 0.252 e. The maximum Gasteiger partial charge on any atom is 0.252 e. The first-order chi connectivity index (χ1) is 13.2. The normalized spacial score (nSPS) is 11.6. The topological polar surface area (TPSA) is 38.3 Å². The lowest BCUT2D eigenvalue weighted by Crippen LogP contribution is -2.29. The molecule has 1 N–H and O–H groups in total. The summed E-state index contributed by atoms with van der Waals surface area (Å²) in [5.41, 5.74) is 3.92. The van der Waals surface area contributed by atoms with Crippen molar-refractivity contribution in [3.05, 3.63) is 101 Å². The van der Waals surface area contributed by atoms with Crippen molar-refractivity contribution >= 4 is 5.91 Å². The molecule has 3 aromatic rings. The second-order valence-electron chi connectivity index (χ2n) is 6.55. The molecular weight excluding hydrogens is 334 g/mol. The van der Waals surface area contributed by atoms with Crippen LogP contribution in [-0.2, 0) is 0 Å². The van der Waals surface area contributed by atoms with Crippen molar-refractivity contribution < 1.29 is 9.53 Å². The van der Waals surface area contributed by atoms with Crippen LogP contribution in [-0.4, -0.2) is 12.5 Å². The van der Waals surface area contributed by atoms with Crippen LogP contribution < -0.4 is 10.1 Å². The average molecular weight is 359 g/mol. The van der Waals surface area contributed by atoms with Gasteiger partial charge >= 0.3 is 0 Å². The lowest BCUT2D eigenvalue weighted by Gasteiger charge is -2.22. The summed E-state index contributed by atoms with van der Waals surface area (Å²) < 4.78 is 5.59. The SMILES string of the molecule is CCCOc1ccc(C(=O)N[C@H](c2ccccc2)c2ccccc2C)cc1. The van der Waals surface area contributed by atoms with Gasteiger partial charge in [-0.3, -0.25) is 4.79 Å². The van der Waals surface area contributed by atoms with Crippen LogP contribution in [0.3, 0.4) is 0 Å². The summed E-state index contributed by atoms with van der Waals surface area (Å²) in [6, 6.07) is 25.3. The van der Waals surface area contributed by atoms with Gasteiger partial charge in [0.25, 0.3) is 5.91 Å². The lowest BCUT2D eigenvalue weighted by molar-refractivity contribution is 0.0943. The number of amides is 1. The molecule has 3 aromatic carbocycles. The van der Waals surface area contributed by atoms with Crippen LogP contribution in [0.1, 0.15) is 46.4 Å². The quantitative estimate of drug-likeness (QED) is 0.621. The molecule has 0 aromatic heterocycles. The number of ether oxygens (including phenoxy) is 1. The van der Waals surface area contributed by atoms with E-state index in [1.54, 1.807) is 12.1 Å². The van der Waals surface area contributed by atoms with Gasteiger partial charge in [-0.25, -0.2) is 0 Å². The number of carbonyl (C=O) groups is 1. The summed E-state index contributed by atoms with van der Waals surface area (Å²) in [5.74, 6) is 0.682. The molecule has 0 aliphatic carbocycles. The molecule has 0 aliphatic heterocycles. The number of nitrogens with one attached hydrogen (secondary N) is 1. The zero-order chi connectivity index (χ0) is 19.1. The molecule has 0 saturated carbocycles. The fourth-order valence-corrected chi connectivity index (χ4v) is 3.03. The molecule has 0 radical (unpaired) electrons. The van der Waals surface area contributed by atoms with Crippen molar-refractivity contribution in [2.75, 3.05) is 6.61 Å². The summed E-state index contributed by atoms with van der Waals surface area (Å²) in [6.45, 7) is 4.81. The largest absolute Gasteiger partial charge is 0.494 e. The number of aryl methyl sites for hydroxylation is 1. The van der Waals surface area contributed by atoms with Crippen LogP contribution in [0.15, 0.2) is 78.9 Å². The van der Waals surface area contributed by atoms with Gasteiger partial charge in [0.2, 0.25) is 0 Å². The molecule has 0 bridgehead atoms. The highest BCUT2D eigenvalue weighted by Gasteiger charge is 2.19. The number of benzene rings is 3. The average Bonchev–Trinajstić information content (AvgIpc) is 2.72. The van der Waals surface area contributed by atoms with E-state index in [1.807, 2.05) is 54.6 Å². The minimum atomic E-state index is -0.198. The summed E-state index contributed by atoms with van der Waals surface area (Å²) in [5, 5.41) is 3.19.